The van der Waals surface area contributed by atoms with Crippen LogP contribution in [0, 0.1) is 0 Å². The van der Waals surface area contributed by atoms with Crippen LogP contribution in [0.3, 0.4) is 0 Å². The highest BCUT2D eigenvalue weighted by molar-refractivity contribution is 6.31. The van der Waals surface area contributed by atoms with Gasteiger partial charge in [-0.1, -0.05) is 6.92 Å². The van der Waals surface area contributed by atoms with E-state index in [-0.39, 0.29) is 0 Å². The fourth-order valence-corrected chi connectivity index (χ4v) is 5.68. The Bertz CT molecular complexity index is 1950. The molecular weight excluding hydrogens is 460 g/mol. The quantitative estimate of drug-likeness (QED) is 0.329. The number of fused-ring (bicyclic) bond motifs is 8. The first-order valence-electron chi connectivity index (χ1n) is 12.5. The zero-order chi connectivity index (χ0) is 26.0. The molecular formula is C29H30N8. The Hall–Kier alpha value is -4.33. The lowest BCUT2D eigenvalue weighted by atomic mass is 9.91. The van der Waals surface area contributed by atoms with Crippen molar-refractivity contribution in [3.05, 3.63) is 51.9 Å². The van der Waals surface area contributed by atoms with Gasteiger partial charge in [0.05, 0.1) is 0 Å². The van der Waals surface area contributed by atoms with Gasteiger partial charge in [0.15, 0.2) is 11.0 Å². The van der Waals surface area contributed by atoms with E-state index in [4.69, 9.17) is 9.97 Å². The molecule has 0 aliphatic carbocycles. The van der Waals surface area contributed by atoms with Gasteiger partial charge >= 0.3 is 0 Å². The van der Waals surface area contributed by atoms with E-state index in [1.54, 1.807) is 14.1 Å². The Morgan fingerprint density at radius 3 is 2.00 bits per heavy atom. The molecule has 0 unspecified atom stereocenters. The van der Waals surface area contributed by atoms with Crippen molar-refractivity contribution in [3.63, 3.8) is 0 Å². The third-order valence-electron chi connectivity index (χ3n) is 7.63. The van der Waals surface area contributed by atoms with Gasteiger partial charge in [0.1, 0.15) is 17.5 Å². The smallest absolute Gasteiger partial charge is 0.158 e. The zero-order valence-corrected chi connectivity index (χ0v) is 22.3. The zero-order valence-electron chi connectivity index (χ0n) is 22.3. The predicted molar refractivity (Wildman–Crippen MR) is 155 cm³/mol. The number of nitrogens with one attached hydrogen (secondary N) is 3. The van der Waals surface area contributed by atoms with E-state index in [0.717, 1.165) is 89.2 Å². The average Bonchev–Trinajstić information content (AvgIpc) is 3.61. The van der Waals surface area contributed by atoms with Crippen LogP contribution in [0.4, 0.5) is 11.6 Å². The highest BCUT2D eigenvalue weighted by Gasteiger charge is 2.27. The summed E-state index contributed by atoms with van der Waals surface area (Å²) in [4.78, 5) is 23.2. The van der Waals surface area contributed by atoms with Crippen molar-refractivity contribution in [2.45, 2.75) is 20.3 Å². The molecule has 8 heteroatoms. The Balaban J connectivity index is 1.93. The maximum Gasteiger partial charge on any atom is 0.158 e. The molecule has 0 spiro atoms. The number of aromatic nitrogens is 2. The molecule has 0 bridgehead atoms. The van der Waals surface area contributed by atoms with Gasteiger partial charge in [0.2, 0.25) is 0 Å². The van der Waals surface area contributed by atoms with Gasteiger partial charge in [0, 0.05) is 73.6 Å². The number of hydrogen-bond acceptors (Lipinski definition) is 7. The molecule has 0 fully saturated rings. The Morgan fingerprint density at radius 1 is 0.730 bits per heavy atom. The van der Waals surface area contributed by atoms with Crippen molar-refractivity contribution in [3.8, 4) is 0 Å². The van der Waals surface area contributed by atoms with Crippen molar-refractivity contribution < 1.29 is 0 Å². The molecule has 2 aromatic heterocycles. The minimum absolute atomic E-state index is 0.722. The monoisotopic (exact) mass is 490 g/mol. The highest BCUT2D eigenvalue weighted by atomic mass is 15.0. The Kier molecular flexibility index (Phi) is 5.22. The molecule has 3 N–H and O–H groups in total. The van der Waals surface area contributed by atoms with Gasteiger partial charge < -0.3 is 16.0 Å². The summed E-state index contributed by atoms with van der Waals surface area (Å²) in [6, 6.07) is 9.02. The normalized spacial score (nSPS) is 17.0. The number of nitrogens with zero attached hydrogens (tertiary/aromatic N) is 5. The van der Waals surface area contributed by atoms with E-state index in [0.29, 0.717) is 0 Å². The van der Waals surface area contributed by atoms with E-state index < -0.39 is 0 Å². The van der Waals surface area contributed by atoms with Crippen LogP contribution in [0.2, 0.25) is 0 Å². The Labute approximate surface area is 214 Å². The first-order chi connectivity index (χ1) is 18.0. The topological polar surface area (TPSA) is 99.0 Å². The summed E-state index contributed by atoms with van der Waals surface area (Å²) < 4.78 is 0. The molecule has 1 aliphatic rings. The summed E-state index contributed by atoms with van der Waals surface area (Å²) in [5.41, 5.74) is 6.18. The van der Waals surface area contributed by atoms with Gasteiger partial charge in [-0.25, -0.2) is 9.97 Å². The van der Waals surface area contributed by atoms with Crippen molar-refractivity contribution in [2.75, 3.05) is 45.9 Å². The number of anilines is 2. The van der Waals surface area contributed by atoms with Gasteiger partial charge in [0.25, 0.3) is 0 Å². The summed E-state index contributed by atoms with van der Waals surface area (Å²) in [7, 11) is 9.22. The third kappa shape index (κ3) is 3.05. The maximum atomic E-state index is 4.88. The van der Waals surface area contributed by atoms with Gasteiger partial charge in [-0.3, -0.25) is 15.0 Å². The highest BCUT2D eigenvalue weighted by Crippen LogP contribution is 2.42. The van der Waals surface area contributed by atoms with Crippen LogP contribution in [0.25, 0.3) is 48.8 Å². The van der Waals surface area contributed by atoms with E-state index in [1.165, 1.54) is 11.1 Å². The summed E-state index contributed by atoms with van der Waals surface area (Å²) in [6.45, 7) is 4.36. The predicted octanol–water partition coefficient (Wildman–Crippen LogP) is 4.23. The van der Waals surface area contributed by atoms with Crippen molar-refractivity contribution >= 4 is 66.3 Å². The van der Waals surface area contributed by atoms with Crippen LogP contribution in [0.15, 0.2) is 44.8 Å². The van der Waals surface area contributed by atoms with Crippen LogP contribution in [-0.2, 0) is 0 Å². The van der Waals surface area contributed by atoms with Crippen LogP contribution in [-0.4, -0.2) is 51.0 Å². The first kappa shape index (κ1) is 23.1. The first-order valence-corrected chi connectivity index (χ1v) is 12.5. The second kappa shape index (κ2) is 8.37. The summed E-state index contributed by atoms with van der Waals surface area (Å²) in [5.74, 6) is 2.54. The lowest BCUT2D eigenvalue weighted by Crippen LogP contribution is -2.14. The van der Waals surface area contributed by atoms with Crippen LogP contribution >= 0.6 is 0 Å². The molecule has 0 radical (unpaired) electrons. The second-order valence-corrected chi connectivity index (χ2v) is 9.36. The number of aliphatic imine (C=N–C) groups is 1. The second-order valence-electron chi connectivity index (χ2n) is 9.36. The molecule has 0 saturated heterocycles. The largest absolute Gasteiger partial charge is 0.373 e. The van der Waals surface area contributed by atoms with Gasteiger partial charge in [-0.05, 0) is 64.7 Å². The minimum atomic E-state index is 0.722. The molecule has 1 aliphatic heterocycles. The SMILES string of the molecule is CC/C(C)=C1/NC(=NC)c2cc3c(cc21)c1cc2c(NC)nc(=NC)c2cc1c1c(=NC)nc(NC)c31. The number of amidine groups is 1. The standard InChI is InChI=1S/C29H30N8/c1-8-13(2)24-18-9-14-15-10-20-21(27(32-5)36-26(20)31-4)12-17(15)23-22(28(33-6)37-29(23)34-7)16(14)11-19(18)25(30-3)35-24/h9-12H,8H2,1-7H3,(H,30,35)(H,31,32,36)(H,33,34,37)/b24-13+. The van der Waals surface area contributed by atoms with E-state index in [9.17, 15) is 0 Å². The third-order valence-corrected chi connectivity index (χ3v) is 7.63. The fraction of sp³-hybridized carbons (Fsp3) is 0.276. The lowest BCUT2D eigenvalue weighted by molar-refractivity contribution is 1.08. The maximum absolute atomic E-state index is 4.88. The molecule has 37 heavy (non-hydrogen) atoms. The van der Waals surface area contributed by atoms with Crippen LogP contribution in [0.5, 0.6) is 0 Å². The molecule has 6 rings (SSSR count). The fourth-order valence-electron chi connectivity index (χ4n) is 5.68. The molecule has 0 saturated carbocycles. The minimum Gasteiger partial charge on any atom is -0.373 e. The van der Waals surface area contributed by atoms with Crippen molar-refractivity contribution in [2.24, 2.45) is 15.0 Å². The number of allylic oxidation sites excluding steroid dienone is 1. The van der Waals surface area contributed by atoms with Crippen molar-refractivity contribution in [1.82, 2.24) is 15.3 Å². The summed E-state index contributed by atoms with van der Waals surface area (Å²) in [6.07, 6.45) is 0.962. The molecule has 3 aromatic carbocycles. The summed E-state index contributed by atoms with van der Waals surface area (Å²) >= 11 is 0. The Morgan fingerprint density at radius 2 is 1.35 bits per heavy atom. The number of hydrogen-bond donors (Lipinski definition) is 3. The molecule has 186 valence electrons. The molecule has 0 atom stereocenters. The molecule has 3 heterocycles. The van der Waals surface area contributed by atoms with E-state index in [2.05, 4.69) is 69.0 Å². The van der Waals surface area contributed by atoms with E-state index in [1.807, 2.05) is 21.1 Å². The van der Waals surface area contributed by atoms with Crippen LogP contribution in [0.1, 0.15) is 31.4 Å². The molecule has 5 aromatic rings. The van der Waals surface area contributed by atoms with E-state index >= 15 is 0 Å². The number of rotatable bonds is 3. The lowest BCUT2D eigenvalue weighted by Gasteiger charge is -2.12. The van der Waals surface area contributed by atoms with Crippen molar-refractivity contribution in [1.29, 1.82) is 0 Å². The molecule has 8 nitrogen and oxygen atoms in total. The summed E-state index contributed by atoms with van der Waals surface area (Å²) in [5, 5.41) is 18.8. The molecule has 0 amide bonds. The number of benzene rings is 3. The average molecular weight is 491 g/mol. The van der Waals surface area contributed by atoms with Gasteiger partial charge in [-0.2, -0.15) is 0 Å². The van der Waals surface area contributed by atoms with Crippen LogP contribution < -0.4 is 26.9 Å². The van der Waals surface area contributed by atoms with Gasteiger partial charge in [-0.15, -0.1) is 0 Å².